The van der Waals surface area contributed by atoms with Crippen LogP contribution in [0.3, 0.4) is 0 Å². The number of allylic oxidation sites excluding steroid dienone is 1. The third-order valence-electron chi connectivity index (χ3n) is 3.24. The molecule has 1 aromatic heterocycles. The molecule has 1 aromatic carbocycles. The number of rotatable bonds is 4. The zero-order chi connectivity index (χ0) is 18.0. The Morgan fingerprint density at radius 1 is 1.24 bits per heavy atom. The van der Waals surface area contributed by atoms with Crippen LogP contribution in [-0.4, -0.2) is 13.7 Å². The van der Waals surface area contributed by atoms with E-state index in [0.29, 0.717) is 10.6 Å². The van der Waals surface area contributed by atoms with Crippen molar-refractivity contribution < 1.29 is 18.0 Å². The molecule has 3 rings (SSSR count). The smallest absolute Gasteiger partial charge is 0.345 e. The summed E-state index contributed by atoms with van der Waals surface area (Å²) < 4.78 is 40.3. The van der Waals surface area contributed by atoms with Gasteiger partial charge in [-0.15, -0.1) is 0 Å². The second-order valence-corrected chi connectivity index (χ2v) is 9.56. The zero-order valence-corrected chi connectivity index (χ0v) is 15.9. The van der Waals surface area contributed by atoms with Crippen LogP contribution in [0.2, 0.25) is 0 Å². The van der Waals surface area contributed by atoms with Crippen molar-refractivity contribution in [2.75, 3.05) is 5.32 Å². The van der Waals surface area contributed by atoms with E-state index in [1.54, 1.807) is 24.5 Å². The Hall–Kier alpha value is -1.68. The molecule has 0 saturated carbocycles. The molecule has 130 valence electrons. The fourth-order valence-corrected chi connectivity index (χ4v) is 7.15. The van der Waals surface area contributed by atoms with Gasteiger partial charge < -0.3 is 5.32 Å². The van der Waals surface area contributed by atoms with Gasteiger partial charge in [0, 0.05) is 27.2 Å². The second-order valence-electron chi connectivity index (χ2n) is 5.11. The Morgan fingerprint density at radius 2 is 2.04 bits per heavy atom. The molecule has 25 heavy (non-hydrogen) atoms. The number of carbonyl (C=O) groups excluding carboxylic acids is 1. The van der Waals surface area contributed by atoms with Crippen molar-refractivity contribution >= 4 is 50.5 Å². The number of carbonyl (C=O) groups is 1. The van der Waals surface area contributed by atoms with Gasteiger partial charge >= 0.3 is 6.18 Å². The molecular weight excluding hydrogens is 464 g/mol. The van der Waals surface area contributed by atoms with Crippen LogP contribution < -0.4 is 5.32 Å². The highest BCUT2D eigenvalue weighted by atomic mass is 127. The fraction of sp³-hybridized carbons (Fsp3) is 0.118. The van der Waals surface area contributed by atoms with Gasteiger partial charge in [-0.25, -0.2) is 0 Å². The summed E-state index contributed by atoms with van der Waals surface area (Å²) in [5.74, 6) is -0.0515. The molecule has 1 aliphatic rings. The van der Waals surface area contributed by atoms with Crippen LogP contribution in [0.5, 0.6) is 0 Å². The van der Waals surface area contributed by atoms with Gasteiger partial charge in [0.05, 0.1) is 10.5 Å². The minimum atomic E-state index is -4.39. The van der Waals surface area contributed by atoms with Crippen molar-refractivity contribution in [2.24, 2.45) is 0 Å². The quantitative estimate of drug-likeness (QED) is 0.611. The van der Waals surface area contributed by atoms with Crippen molar-refractivity contribution in [3.05, 3.63) is 64.8 Å². The highest BCUT2D eigenvalue weighted by Crippen LogP contribution is 2.45. The molecule has 0 bridgehead atoms. The summed E-state index contributed by atoms with van der Waals surface area (Å²) >= 11 is 0.605. The van der Waals surface area contributed by atoms with E-state index in [4.69, 9.17) is 0 Å². The topological polar surface area (TPSA) is 42.0 Å². The van der Waals surface area contributed by atoms with Gasteiger partial charge in [-0.1, -0.05) is 23.9 Å². The monoisotopic (exact) mass is 476 g/mol. The fourth-order valence-electron chi connectivity index (χ4n) is 2.12. The summed E-state index contributed by atoms with van der Waals surface area (Å²) in [6, 6.07) is 8.75. The van der Waals surface area contributed by atoms with Crippen LogP contribution in [0.4, 0.5) is 18.9 Å². The Labute approximate surface area is 156 Å². The molecule has 0 unspecified atom stereocenters. The lowest BCUT2D eigenvalue weighted by Crippen LogP contribution is -2.08. The number of nitrogens with zero attached hydrogens (tertiary/aromatic N) is 1. The normalized spacial score (nSPS) is 14.8. The predicted octanol–water partition coefficient (Wildman–Crippen LogP) is 5.28. The summed E-state index contributed by atoms with van der Waals surface area (Å²) in [5.41, 5.74) is 0.549. The van der Waals surface area contributed by atoms with Crippen molar-refractivity contribution in [2.45, 2.75) is 13.1 Å². The van der Waals surface area contributed by atoms with Crippen LogP contribution in [0.15, 0.2) is 53.7 Å². The number of halogens is 4. The zero-order valence-electron chi connectivity index (χ0n) is 12.9. The number of hydrogen-bond acceptors (Lipinski definition) is 4. The van der Waals surface area contributed by atoms with Gasteiger partial charge in [0.15, 0.2) is 5.78 Å². The first-order chi connectivity index (χ1) is 11.8. The molecular formula is C17H12F3IN2OS. The molecule has 2 heterocycles. The third-order valence-corrected chi connectivity index (χ3v) is 8.22. The number of nitrogens with one attached hydrogen (secondary N) is 1. The first-order valence-corrected chi connectivity index (χ1v) is 10.1. The Morgan fingerprint density at radius 3 is 2.68 bits per heavy atom. The van der Waals surface area contributed by atoms with Crippen molar-refractivity contribution in [3.63, 3.8) is 0 Å². The number of ketones is 1. The van der Waals surface area contributed by atoms with E-state index in [0.717, 1.165) is 24.2 Å². The number of pyridine rings is 1. The number of anilines is 1. The lowest BCUT2D eigenvalue weighted by atomic mass is 10.2. The number of Topliss-reactive ketones (excluding diaryl/α,β-unsaturated/α-hetero) is 1. The summed E-state index contributed by atoms with van der Waals surface area (Å²) in [6.45, 7) is 1.50. The van der Waals surface area contributed by atoms with E-state index >= 15 is 0 Å². The number of alkyl halides is 3. The van der Waals surface area contributed by atoms with Crippen LogP contribution in [-0.2, 0) is 11.0 Å². The highest BCUT2D eigenvalue weighted by Gasteiger charge is 2.30. The first kappa shape index (κ1) is 18.1. The molecule has 1 N–H and O–H groups in total. The molecule has 0 amide bonds. The standard InChI is InChI=1S/C17H12F3IN2OS/c1-10(24)15-14(11-4-3-7-22-9-11)21-16(25-15)23-13-6-2-5-12(8-13)17(18,19)20/h2-9,23H,1H3. The molecule has 0 atom stereocenters. The van der Waals surface area contributed by atoms with E-state index < -0.39 is 32.5 Å². The second kappa shape index (κ2) is 7.28. The average Bonchev–Trinajstić information content (AvgIpc) is 2.99. The van der Waals surface area contributed by atoms with Crippen LogP contribution in [0, 0.1) is 0 Å². The molecule has 2 aromatic rings. The Balaban J connectivity index is 1.88. The van der Waals surface area contributed by atoms with Gasteiger partial charge in [0.25, 0.3) is 0 Å². The van der Waals surface area contributed by atoms with Gasteiger partial charge in [-0.2, -0.15) is 13.2 Å². The van der Waals surface area contributed by atoms with E-state index in [1.807, 2.05) is 6.07 Å². The number of hydrogen-bond donors (Lipinski definition) is 1. The lowest BCUT2D eigenvalue weighted by Gasteiger charge is -2.10. The molecule has 0 spiro atoms. The maximum atomic E-state index is 12.8. The van der Waals surface area contributed by atoms with Crippen molar-refractivity contribution in [1.82, 2.24) is 4.98 Å². The van der Waals surface area contributed by atoms with E-state index in [-0.39, 0.29) is 5.78 Å². The summed E-state index contributed by atoms with van der Waals surface area (Å²) in [7, 11) is 0. The highest BCUT2D eigenvalue weighted by molar-refractivity contribution is 14.2. The Kier molecular flexibility index (Phi) is 5.28. The molecule has 3 nitrogen and oxygen atoms in total. The van der Waals surface area contributed by atoms with Crippen LogP contribution in [0.1, 0.15) is 18.1 Å². The lowest BCUT2D eigenvalue weighted by molar-refractivity contribution is -0.137. The predicted molar refractivity (Wildman–Crippen MR) is 104 cm³/mol. The molecule has 0 aliphatic carbocycles. The van der Waals surface area contributed by atoms with Crippen LogP contribution in [0.25, 0.3) is 3.58 Å². The van der Waals surface area contributed by atoms with E-state index in [9.17, 15) is 18.0 Å². The minimum Gasteiger partial charge on any atom is -0.345 e. The first-order valence-electron chi connectivity index (χ1n) is 7.14. The number of benzene rings is 1. The number of thioether (sulfide) groups is 1. The SMILES string of the molecule is CC(=O)C1=C(c2cccnc2)I=C(Nc2cccc(C(F)(F)F)c2)S1. The largest absolute Gasteiger partial charge is 0.416 e. The molecule has 1 aliphatic heterocycles. The molecule has 0 saturated heterocycles. The maximum Gasteiger partial charge on any atom is 0.416 e. The third kappa shape index (κ3) is 4.30. The summed E-state index contributed by atoms with van der Waals surface area (Å²) in [5, 5.41) is 3.05. The number of aromatic nitrogens is 1. The average molecular weight is 476 g/mol. The molecule has 0 fully saturated rings. The summed E-state index contributed by atoms with van der Waals surface area (Å²) in [4.78, 5) is 16.7. The van der Waals surface area contributed by atoms with Crippen molar-refractivity contribution in [3.8, 4) is 0 Å². The van der Waals surface area contributed by atoms with Gasteiger partial charge in [-0.3, -0.25) is 9.78 Å². The minimum absolute atomic E-state index is 0.0515. The Bertz CT molecular complexity index is 879. The molecule has 0 radical (unpaired) electrons. The maximum absolute atomic E-state index is 12.8. The van der Waals surface area contributed by atoms with Gasteiger partial charge in [0.2, 0.25) is 0 Å². The van der Waals surface area contributed by atoms with E-state index in [2.05, 4.69) is 10.3 Å². The van der Waals surface area contributed by atoms with Gasteiger partial charge in [-0.05, 0) is 51.9 Å². The molecule has 8 heteroatoms. The van der Waals surface area contributed by atoms with Gasteiger partial charge in [0.1, 0.15) is 2.96 Å². The van der Waals surface area contributed by atoms with Crippen molar-refractivity contribution in [1.29, 1.82) is 0 Å². The van der Waals surface area contributed by atoms with Crippen LogP contribution >= 0.6 is 32.5 Å². The summed E-state index contributed by atoms with van der Waals surface area (Å²) in [6.07, 6.45) is -1.03. The van der Waals surface area contributed by atoms with E-state index in [1.165, 1.54) is 24.8 Å².